The SMILES string of the molecule is Cc1nc(NCCOC2CCCC2)sc1C. The maximum atomic E-state index is 5.78. The quantitative estimate of drug-likeness (QED) is 0.803. The van der Waals surface area contributed by atoms with Gasteiger partial charge in [-0.05, 0) is 26.7 Å². The van der Waals surface area contributed by atoms with Crippen LogP contribution in [0.2, 0.25) is 0 Å². The van der Waals surface area contributed by atoms with Crippen LogP contribution < -0.4 is 5.32 Å². The third-order valence-corrected chi connectivity index (χ3v) is 4.09. The van der Waals surface area contributed by atoms with E-state index in [-0.39, 0.29) is 0 Å². The summed E-state index contributed by atoms with van der Waals surface area (Å²) in [5, 5.41) is 4.33. The topological polar surface area (TPSA) is 34.2 Å². The molecule has 0 bridgehead atoms. The fraction of sp³-hybridized carbons (Fsp3) is 0.750. The largest absolute Gasteiger partial charge is 0.376 e. The number of hydrogen-bond donors (Lipinski definition) is 1. The summed E-state index contributed by atoms with van der Waals surface area (Å²) < 4.78 is 5.78. The number of anilines is 1. The monoisotopic (exact) mass is 240 g/mol. The Balaban J connectivity index is 1.64. The highest BCUT2D eigenvalue weighted by Crippen LogP contribution is 2.22. The van der Waals surface area contributed by atoms with Gasteiger partial charge in [-0.2, -0.15) is 0 Å². The zero-order chi connectivity index (χ0) is 11.4. The molecule has 2 rings (SSSR count). The molecule has 90 valence electrons. The van der Waals surface area contributed by atoms with Crippen LogP contribution in [0.15, 0.2) is 0 Å². The van der Waals surface area contributed by atoms with E-state index < -0.39 is 0 Å². The summed E-state index contributed by atoms with van der Waals surface area (Å²) in [5.41, 5.74) is 1.13. The van der Waals surface area contributed by atoms with E-state index in [1.54, 1.807) is 11.3 Å². The Labute approximate surface area is 101 Å². The maximum Gasteiger partial charge on any atom is 0.183 e. The molecule has 0 aromatic carbocycles. The van der Waals surface area contributed by atoms with Crippen LogP contribution in [-0.4, -0.2) is 24.2 Å². The molecule has 1 saturated carbocycles. The number of thiazole rings is 1. The van der Waals surface area contributed by atoms with Gasteiger partial charge in [0.25, 0.3) is 0 Å². The third-order valence-electron chi connectivity index (χ3n) is 3.06. The molecule has 3 nitrogen and oxygen atoms in total. The minimum absolute atomic E-state index is 0.515. The first-order valence-electron chi connectivity index (χ1n) is 6.05. The molecule has 0 atom stereocenters. The zero-order valence-electron chi connectivity index (χ0n) is 10.1. The highest BCUT2D eigenvalue weighted by Gasteiger charge is 2.14. The lowest BCUT2D eigenvalue weighted by Gasteiger charge is -2.10. The van der Waals surface area contributed by atoms with Crippen molar-refractivity contribution in [2.24, 2.45) is 0 Å². The lowest BCUT2D eigenvalue weighted by atomic mass is 10.3. The number of nitrogens with one attached hydrogen (secondary N) is 1. The first-order chi connectivity index (χ1) is 7.75. The summed E-state index contributed by atoms with van der Waals surface area (Å²) in [4.78, 5) is 5.72. The fourth-order valence-electron chi connectivity index (χ4n) is 1.99. The molecule has 0 spiro atoms. The van der Waals surface area contributed by atoms with Crippen LogP contribution >= 0.6 is 11.3 Å². The van der Waals surface area contributed by atoms with E-state index >= 15 is 0 Å². The lowest BCUT2D eigenvalue weighted by Crippen LogP contribution is -2.15. The Kier molecular flexibility index (Phi) is 4.18. The predicted molar refractivity (Wildman–Crippen MR) is 68.3 cm³/mol. The summed E-state index contributed by atoms with van der Waals surface area (Å²) in [6, 6.07) is 0. The third kappa shape index (κ3) is 3.19. The van der Waals surface area contributed by atoms with Crippen molar-refractivity contribution in [3.8, 4) is 0 Å². The van der Waals surface area contributed by atoms with Gasteiger partial charge in [-0.25, -0.2) is 4.98 Å². The second kappa shape index (κ2) is 5.64. The van der Waals surface area contributed by atoms with Gasteiger partial charge in [0.2, 0.25) is 0 Å². The van der Waals surface area contributed by atoms with Gasteiger partial charge in [0.05, 0.1) is 18.4 Å². The first kappa shape index (κ1) is 11.9. The summed E-state index contributed by atoms with van der Waals surface area (Å²) >= 11 is 1.72. The van der Waals surface area contributed by atoms with E-state index in [1.165, 1.54) is 30.6 Å². The zero-order valence-corrected chi connectivity index (χ0v) is 10.9. The minimum atomic E-state index is 0.515. The van der Waals surface area contributed by atoms with Crippen LogP contribution in [-0.2, 0) is 4.74 Å². The van der Waals surface area contributed by atoms with Crippen molar-refractivity contribution in [2.75, 3.05) is 18.5 Å². The van der Waals surface area contributed by atoms with Gasteiger partial charge in [0.15, 0.2) is 5.13 Å². The average molecular weight is 240 g/mol. The first-order valence-corrected chi connectivity index (χ1v) is 6.87. The highest BCUT2D eigenvalue weighted by atomic mass is 32.1. The fourth-order valence-corrected chi connectivity index (χ4v) is 2.83. The molecule has 1 aromatic rings. The van der Waals surface area contributed by atoms with E-state index in [1.807, 2.05) is 6.92 Å². The smallest absolute Gasteiger partial charge is 0.183 e. The molecule has 1 aliphatic carbocycles. The molecule has 0 radical (unpaired) electrons. The van der Waals surface area contributed by atoms with Crippen molar-refractivity contribution in [1.82, 2.24) is 4.98 Å². The summed E-state index contributed by atoms with van der Waals surface area (Å²) in [6.07, 6.45) is 5.68. The number of nitrogens with zero attached hydrogens (tertiary/aromatic N) is 1. The van der Waals surface area contributed by atoms with E-state index in [0.29, 0.717) is 6.10 Å². The molecule has 16 heavy (non-hydrogen) atoms. The minimum Gasteiger partial charge on any atom is -0.376 e. The molecular formula is C12H20N2OS. The highest BCUT2D eigenvalue weighted by molar-refractivity contribution is 7.15. The van der Waals surface area contributed by atoms with Crippen LogP contribution in [0.3, 0.4) is 0 Å². The van der Waals surface area contributed by atoms with Gasteiger partial charge in [-0.3, -0.25) is 0 Å². The van der Waals surface area contributed by atoms with Crippen molar-refractivity contribution in [3.05, 3.63) is 10.6 Å². The Hall–Kier alpha value is -0.610. The van der Waals surface area contributed by atoms with Crippen LogP contribution in [0, 0.1) is 13.8 Å². The van der Waals surface area contributed by atoms with Gasteiger partial charge in [0.1, 0.15) is 0 Å². The standard InChI is InChI=1S/C12H20N2OS/c1-9-10(2)16-12(14-9)13-7-8-15-11-5-3-4-6-11/h11H,3-8H2,1-2H3,(H,13,14). The molecule has 1 N–H and O–H groups in total. The van der Waals surface area contributed by atoms with Crippen molar-refractivity contribution in [2.45, 2.75) is 45.6 Å². The summed E-state index contributed by atoms with van der Waals surface area (Å²) in [6.45, 7) is 5.81. The van der Waals surface area contributed by atoms with E-state index in [9.17, 15) is 0 Å². The molecule has 1 heterocycles. The van der Waals surface area contributed by atoms with Crippen molar-refractivity contribution in [3.63, 3.8) is 0 Å². The normalized spacial score (nSPS) is 16.9. The number of ether oxygens (including phenoxy) is 1. The number of rotatable bonds is 5. The Bertz CT molecular complexity index is 312. The van der Waals surface area contributed by atoms with E-state index in [0.717, 1.165) is 24.0 Å². The molecule has 0 unspecified atom stereocenters. The van der Waals surface area contributed by atoms with Crippen LogP contribution in [0.1, 0.15) is 36.3 Å². The number of hydrogen-bond acceptors (Lipinski definition) is 4. The number of aromatic nitrogens is 1. The van der Waals surface area contributed by atoms with E-state index in [2.05, 4.69) is 17.2 Å². The second-order valence-corrected chi connectivity index (χ2v) is 5.57. The molecule has 4 heteroatoms. The van der Waals surface area contributed by atoms with Crippen molar-refractivity contribution >= 4 is 16.5 Å². The van der Waals surface area contributed by atoms with Crippen LogP contribution in [0.5, 0.6) is 0 Å². The predicted octanol–water partition coefficient (Wildman–Crippen LogP) is 3.13. The van der Waals surface area contributed by atoms with Gasteiger partial charge < -0.3 is 10.1 Å². The van der Waals surface area contributed by atoms with Gasteiger partial charge in [-0.1, -0.05) is 12.8 Å². The Morgan fingerprint density at radius 1 is 1.38 bits per heavy atom. The molecule has 0 aliphatic heterocycles. The number of aryl methyl sites for hydroxylation is 2. The van der Waals surface area contributed by atoms with Gasteiger partial charge in [-0.15, -0.1) is 11.3 Å². The molecule has 1 fully saturated rings. The van der Waals surface area contributed by atoms with Crippen molar-refractivity contribution < 1.29 is 4.74 Å². The second-order valence-electron chi connectivity index (χ2n) is 4.36. The van der Waals surface area contributed by atoms with Crippen LogP contribution in [0.25, 0.3) is 0 Å². The average Bonchev–Trinajstić information content (AvgIpc) is 2.85. The van der Waals surface area contributed by atoms with Gasteiger partial charge in [0, 0.05) is 11.4 Å². The van der Waals surface area contributed by atoms with Crippen molar-refractivity contribution in [1.29, 1.82) is 0 Å². The summed E-state index contributed by atoms with van der Waals surface area (Å²) in [7, 11) is 0. The molecule has 0 saturated heterocycles. The van der Waals surface area contributed by atoms with E-state index in [4.69, 9.17) is 4.74 Å². The summed E-state index contributed by atoms with van der Waals surface area (Å²) in [5.74, 6) is 0. The van der Waals surface area contributed by atoms with Crippen LogP contribution in [0.4, 0.5) is 5.13 Å². The Morgan fingerprint density at radius 3 is 2.75 bits per heavy atom. The molecule has 0 amide bonds. The van der Waals surface area contributed by atoms with Gasteiger partial charge >= 0.3 is 0 Å². The molecule has 1 aliphatic rings. The Morgan fingerprint density at radius 2 is 2.12 bits per heavy atom. The molecule has 1 aromatic heterocycles. The lowest BCUT2D eigenvalue weighted by molar-refractivity contribution is 0.0659. The molecular weight excluding hydrogens is 220 g/mol. The maximum absolute atomic E-state index is 5.78.